The summed E-state index contributed by atoms with van der Waals surface area (Å²) in [6.07, 6.45) is 0. The monoisotopic (exact) mass is 1270 g/mol. The van der Waals surface area contributed by atoms with Crippen LogP contribution in [0, 0.1) is 0 Å². The van der Waals surface area contributed by atoms with E-state index >= 15 is 0 Å². The molecule has 0 radical (unpaired) electrons. The molecule has 4 aliphatic rings. The molecule has 2 spiro atoms. The summed E-state index contributed by atoms with van der Waals surface area (Å²) in [5.74, 6) is 0. The first-order chi connectivity index (χ1) is 49.6. The number of nitrogens with zero attached hydrogens (tertiary/aromatic N) is 2. The zero-order valence-electron chi connectivity index (χ0n) is 54.8. The molecule has 16 aromatic carbocycles. The number of anilines is 6. The molecule has 0 N–H and O–H groups in total. The fraction of sp³-hybridized carbons (Fsp3) is 0.0204. The highest BCUT2D eigenvalue weighted by atomic mass is 15.2. The first-order valence-corrected chi connectivity index (χ1v) is 34.8. The predicted octanol–water partition coefficient (Wildman–Crippen LogP) is 25.6. The van der Waals surface area contributed by atoms with E-state index in [1.165, 1.54) is 134 Å². The van der Waals surface area contributed by atoms with E-state index in [2.05, 4.69) is 398 Å². The Morgan fingerprint density at radius 2 is 0.360 bits per heavy atom. The van der Waals surface area contributed by atoms with Crippen LogP contribution in [0.3, 0.4) is 0 Å². The zero-order chi connectivity index (χ0) is 65.9. The van der Waals surface area contributed by atoms with Gasteiger partial charge in [-0.1, -0.05) is 328 Å². The van der Waals surface area contributed by atoms with Crippen molar-refractivity contribution in [1.82, 2.24) is 0 Å². The van der Waals surface area contributed by atoms with Gasteiger partial charge in [-0.2, -0.15) is 0 Å². The van der Waals surface area contributed by atoms with Gasteiger partial charge in [-0.3, -0.25) is 0 Å². The van der Waals surface area contributed by atoms with Crippen LogP contribution in [0.1, 0.15) is 44.5 Å². The smallest absolute Gasteiger partial charge is 0.0726 e. The normalized spacial score (nSPS) is 14.1. The Morgan fingerprint density at radius 3 is 0.710 bits per heavy atom. The van der Waals surface area contributed by atoms with Crippen molar-refractivity contribution in [3.8, 4) is 100 Å². The van der Waals surface area contributed by atoms with Crippen molar-refractivity contribution < 1.29 is 0 Å². The van der Waals surface area contributed by atoms with E-state index < -0.39 is 10.8 Å². The third-order valence-electron chi connectivity index (χ3n) is 21.9. The van der Waals surface area contributed by atoms with Gasteiger partial charge in [0.2, 0.25) is 0 Å². The molecule has 1 unspecified atom stereocenters. The molecule has 16 aromatic rings. The quantitative estimate of drug-likeness (QED) is 0.127. The van der Waals surface area contributed by atoms with E-state index in [4.69, 9.17) is 0 Å². The molecule has 0 amide bonds. The van der Waals surface area contributed by atoms with Crippen molar-refractivity contribution in [2.75, 3.05) is 9.80 Å². The molecule has 2 nitrogen and oxygen atoms in total. The average Bonchev–Trinajstić information content (AvgIpc) is 1.51. The van der Waals surface area contributed by atoms with E-state index in [1.807, 2.05) is 0 Å². The standard InChI is InChI=1S/C98H64N2/c1-4-23-65(24-5-1)69-49-57-74(58-50-69)99(92-43-21-41-90-95(92)82-32-13-18-38-87(82)97(90)84-35-15-10-29-79(84)80-30-11-16-36-85(80)97)77-63-55-72(56-64-77)68-45-47-73(48-46-68)78-34-20-40-89-94(78)81-31-12-17-37-86(81)98(89)88-39-19-14-33-83(88)96-91(98)42-22-44-93(96)100(75-59-51-70(52-60-75)66-25-6-2-7-26-66)76-61-53-71(54-62-76)67-27-8-3-9-28-67/h1-64H. The number of hydrogen-bond donors (Lipinski definition) is 0. The third kappa shape index (κ3) is 8.51. The zero-order valence-corrected chi connectivity index (χ0v) is 54.8. The maximum absolute atomic E-state index is 2.48. The number of fused-ring (bicyclic) bond motifs is 20. The summed E-state index contributed by atoms with van der Waals surface area (Å²) in [4.78, 5) is 4.96. The van der Waals surface area contributed by atoms with Gasteiger partial charge in [0.15, 0.2) is 0 Å². The highest BCUT2D eigenvalue weighted by Crippen LogP contribution is 2.67. The summed E-state index contributed by atoms with van der Waals surface area (Å²) in [6, 6.07) is 145. The Morgan fingerprint density at radius 1 is 0.140 bits per heavy atom. The van der Waals surface area contributed by atoms with Gasteiger partial charge in [-0.15, -0.1) is 0 Å². The first-order valence-electron chi connectivity index (χ1n) is 34.8. The van der Waals surface area contributed by atoms with Gasteiger partial charge in [0.1, 0.15) is 0 Å². The Labute approximate surface area is 584 Å². The number of hydrogen-bond acceptors (Lipinski definition) is 2. The number of benzene rings is 16. The molecule has 0 bridgehead atoms. The lowest BCUT2D eigenvalue weighted by atomic mass is 9.70. The van der Waals surface area contributed by atoms with Gasteiger partial charge >= 0.3 is 0 Å². The summed E-state index contributed by atoms with van der Waals surface area (Å²) >= 11 is 0. The molecule has 0 saturated heterocycles. The van der Waals surface area contributed by atoms with Crippen molar-refractivity contribution in [1.29, 1.82) is 0 Å². The fourth-order valence-electron chi connectivity index (χ4n) is 17.8. The van der Waals surface area contributed by atoms with Crippen LogP contribution in [0.25, 0.3) is 100 Å². The van der Waals surface area contributed by atoms with E-state index in [1.54, 1.807) is 0 Å². The van der Waals surface area contributed by atoms with Crippen LogP contribution in [0.4, 0.5) is 34.1 Å². The van der Waals surface area contributed by atoms with E-state index in [-0.39, 0.29) is 0 Å². The summed E-state index contributed by atoms with van der Waals surface area (Å²) in [6.45, 7) is 0. The predicted molar refractivity (Wildman–Crippen MR) is 416 cm³/mol. The summed E-state index contributed by atoms with van der Waals surface area (Å²) < 4.78 is 0. The SMILES string of the molecule is c1ccc(-c2ccc(N(c3ccc(-c4ccc(-c5cccc6c5-c5ccccc5C65c6ccccc6-c6c(N(c7ccc(-c8ccccc8)cc7)c7ccc(-c8ccccc8)cc7)cccc65)cc4)cc3)c3cccc4c3-c3ccccc3C43c4ccccc4-c4ccccc43)cc2)cc1. The maximum atomic E-state index is 2.48. The highest BCUT2D eigenvalue weighted by Gasteiger charge is 2.54. The van der Waals surface area contributed by atoms with Crippen LogP contribution in [0.2, 0.25) is 0 Å². The molecular weight excluding hydrogens is 1210 g/mol. The second kappa shape index (κ2) is 22.9. The molecular formula is C98H64N2. The Balaban J connectivity index is 0.686. The van der Waals surface area contributed by atoms with Gasteiger partial charge < -0.3 is 9.80 Å². The molecule has 0 heterocycles. The van der Waals surface area contributed by atoms with Crippen molar-refractivity contribution in [3.05, 3.63) is 433 Å². The lowest BCUT2D eigenvalue weighted by Gasteiger charge is -2.32. The lowest BCUT2D eigenvalue weighted by Crippen LogP contribution is -2.26. The molecule has 100 heavy (non-hydrogen) atoms. The molecule has 0 fully saturated rings. The molecule has 4 aliphatic carbocycles. The molecule has 1 atom stereocenters. The van der Waals surface area contributed by atoms with Gasteiger partial charge in [-0.05, 0) is 194 Å². The molecule has 466 valence electrons. The summed E-state index contributed by atoms with van der Waals surface area (Å²) in [5.41, 5.74) is 38.2. The van der Waals surface area contributed by atoms with E-state index in [0.29, 0.717) is 0 Å². The van der Waals surface area contributed by atoms with Crippen LogP contribution < -0.4 is 9.80 Å². The van der Waals surface area contributed by atoms with Crippen molar-refractivity contribution in [3.63, 3.8) is 0 Å². The second-order valence-electron chi connectivity index (χ2n) is 26.9. The van der Waals surface area contributed by atoms with Gasteiger partial charge in [0, 0.05) is 33.9 Å². The first kappa shape index (κ1) is 57.4. The molecule has 0 aliphatic heterocycles. The molecule has 0 aromatic heterocycles. The minimum atomic E-state index is -0.582. The Kier molecular flexibility index (Phi) is 13.1. The fourth-order valence-corrected chi connectivity index (χ4v) is 17.8. The average molecular weight is 1270 g/mol. The van der Waals surface area contributed by atoms with Gasteiger partial charge in [0.05, 0.1) is 22.2 Å². The minimum Gasteiger partial charge on any atom is -0.310 e. The van der Waals surface area contributed by atoms with E-state index in [0.717, 1.165) is 45.3 Å². The van der Waals surface area contributed by atoms with Crippen LogP contribution >= 0.6 is 0 Å². The Hall–Kier alpha value is -12.9. The van der Waals surface area contributed by atoms with Crippen LogP contribution in [0.15, 0.2) is 388 Å². The van der Waals surface area contributed by atoms with E-state index in [9.17, 15) is 0 Å². The summed E-state index contributed by atoms with van der Waals surface area (Å²) in [5, 5.41) is 0. The minimum absolute atomic E-state index is 0.464. The Bertz CT molecular complexity index is 5730. The molecule has 2 heteroatoms. The van der Waals surface area contributed by atoms with Crippen LogP contribution in [0.5, 0.6) is 0 Å². The lowest BCUT2D eigenvalue weighted by molar-refractivity contribution is 0.794. The van der Waals surface area contributed by atoms with Crippen molar-refractivity contribution in [2.45, 2.75) is 10.8 Å². The third-order valence-corrected chi connectivity index (χ3v) is 21.9. The van der Waals surface area contributed by atoms with Crippen molar-refractivity contribution >= 4 is 34.1 Å². The molecule has 20 rings (SSSR count). The highest BCUT2D eigenvalue weighted by molar-refractivity contribution is 6.05. The van der Waals surface area contributed by atoms with Gasteiger partial charge in [0.25, 0.3) is 0 Å². The number of rotatable bonds is 11. The van der Waals surface area contributed by atoms with Crippen LogP contribution in [-0.4, -0.2) is 0 Å². The summed E-state index contributed by atoms with van der Waals surface area (Å²) in [7, 11) is 0. The molecule has 0 saturated carbocycles. The van der Waals surface area contributed by atoms with Crippen molar-refractivity contribution in [2.24, 2.45) is 0 Å². The van der Waals surface area contributed by atoms with Crippen LogP contribution in [-0.2, 0) is 10.8 Å². The maximum Gasteiger partial charge on any atom is 0.0726 e. The van der Waals surface area contributed by atoms with Gasteiger partial charge in [-0.25, -0.2) is 0 Å². The topological polar surface area (TPSA) is 6.48 Å². The second-order valence-corrected chi connectivity index (χ2v) is 26.9. The largest absolute Gasteiger partial charge is 0.310 e.